The second-order valence-electron chi connectivity index (χ2n) is 7.62. The van der Waals surface area contributed by atoms with Crippen molar-refractivity contribution in [1.82, 2.24) is 20.0 Å². The molecule has 164 valence electrons. The van der Waals surface area contributed by atoms with Gasteiger partial charge in [-0.15, -0.1) is 24.0 Å². The minimum absolute atomic E-state index is 0. The normalized spacial score (nSPS) is 16.2. The highest BCUT2D eigenvalue weighted by Gasteiger charge is 2.24. The fourth-order valence-electron chi connectivity index (χ4n) is 3.78. The van der Waals surface area contributed by atoms with E-state index < -0.39 is 0 Å². The van der Waals surface area contributed by atoms with Crippen molar-refractivity contribution in [2.45, 2.75) is 19.6 Å². The van der Waals surface area contributed by atoms with Crippen LogP contribution in [0.5, 0.6) is 0 Å². The van der Waals surface area contributed by atoms with E-state index >= 15 is 0 Å². The monoisotopic (exact) mass is 531 g/mol. The number of benzene rings is 2. The number of ether oxygens (including phenoxy) is 1. The minimum Gasteiger partial charge on any atom is -0.376 e. The highest BCUT2D eigenvalue weighted by atomic mass is 127. The van der Waals surface area contributed by atoms with Gasteiger partial charge in [-0.05, 0) is 35.7 Å². The number of guanidine groups is 1. The van der Waals surface area contributed by atoms with E-state index in [1.807, 2.05) is 30.1 Å². The molecule has 1 atom stereocenters. The molecule has 4 rings (SSSR count). The SMILES string of the molecule is CN=C(NCc1ccc(-n2cccn2)cc1)N1CCC(COCc2ccccc2)C1.I. The van der Waals surface area contributed by atoms with Crippen LogP contribution in [-0.4, -0.2) is 47.4 Å². The summed E-state index contributed by atoms with van der Waals surface area (Å²) in [5.41, 5.74) is 3.50. The number of rotatable bonds is 7. The van der Waals surface area contributed by atoms with E-state index in [9.17, 15) is 0 Å². The van der Waals surface area contributed by atoms with Crippen LogP contribution in [0.4, 0.5) is 0 Å². The van der Waals surface area contributed by atoms with Gasteiger partial charge in [-0.1, -0.05) is 42.5 Å². The minimum atomic E-state index is 0. The van der Waals surface area contributed by atoms with E-state index in [4.69, 9.17) is 4.74 Å². The molecular weight excluding hydrogens is 501 g/mol. The summed E-state index contributed by atoms with van der Waals surface area (Å²) in [6.45, 7) is 4.21. The zero-order chi connectivity index (χ0) is 20.6. The second-order valence-corrected chi connectivity index (χ2v) is 7.62. The summed E-state index contributed by atoms with van der Waals surface area (Å²) in [6, 6.07) is 20.7. The lowest BCUT2D eigenvalue weighted by Crippen LogP contribution is -2.39. The zero-order valence-electron chi connectivity index (χ0n) is 17.9. The summed E-state index contributed by atoms with van der Waals surface area (Å²) in [4.78, 5) is 6.81. The van der Waals surface area contributed by atoms with Gasteiger partial charge in [-0.2, -0.15) is 5.10 Å². The van der Waals surface area contributed by atoms with Crippen molar-refractivity contribution in [2.75, 3.05) is 26.7 Å². The Hall–Kier alpha value is -2.39. The average Bonchev–Trinajstić information content (AvgIpc) is 3.48. The largest absolute Gasteiger partial charge is 0.376 e. The molecule has 0 radical (unpaired) electrons. The third-order valence-electron chi connectivity index (χ3n) is 5.42. The van der Waals surface area contributed by atoms with E-state index in [-0.39, 0.29) is 24.0 Å². The van der Waals surface area contributed by atoms with Crippen LogP contribution in [-0.2, 0) is 17.9 Å². The lowest BCUT2D eigenvalue weighted by Gasteiger charge is -2.22. The van der Waals surface area contributed by atoms with Crippen molar-refractivity contribution in [1.29, 1.82) is 0 Å². The summed E-state index contributed by atoms with van der Waals surface area (Å²) >= 11 is 0. The maximum Gasteiger partial charge on any atom is 0.193 e. The number of nitrogens with one attached hydrogen (secondary N) is 1. The molecule has 0 saturated carbocycles. The van der Waals surface area contributed by atoms with Crippen LogP contribution in [0.25, 0.3) is 5.69 Å². The van der Waals surface area contributed by atoms with E-state index in [0.29, 0.717) is 12.5 Å². The first-order chi connectivity index (χ1) is 14.8. The molecule has 1 fully saturated rings. The lowest BCUT2D eigenvalue weighted by atomic mass is 10.1. The Labute approximate surface area is 201 Å². The predicted octanol–water partition coefficient (Wildman–Crippen LogP) is 4.10. The number of halogens is 1. The summed E-state index contributed by atoms with van der Waals surface area (Å²) in [6.07, 6.45) is 4.87. The molecule has 2 heterocycles. The molecule has 31 heavy (non-hydrogen) atoms. The first kappa shape index (κ1) is 23.3. The van der Waals surface area contributed by atoms with Crippen molar-refractivity contribution in [3.05, 3.63) is 84.2 Å². The van der Waals surface area contributed by atoms with Crippen LogP contribution in [0.2, 0.25) is 0 Å². The zero-order valence-corrected chi connectivity index (χ0v) is 20.2. The van der Waals surface area contributed by atoms with Crippen LogP contribution < -0.4 is 5.32 Å². The van der Waals surface area contributed by atoms with Gasteiger partial charge in [0.05, 0.1) is 18.9 Å². The molecular formula is C24H30IN5O. The van der Waals surface area contributed by atoms with Crippen molar-refractivity contribution < 1.29 is 4.74 Å². The van der Waals surface area contributed by atoms with E-state index in [1.165, 1.54) is 11.1 Å². The van der Waals surface area contributed by atoms with E-state index in [2.05, 4.69) is 68.8 Å². The van der Waals surface area contributed by atoms with Crippen LogP contribution in [0.3, 0.4) is 0 Å². The first-order valence-electron chi connectivity index (χ1n) is 10.5. The number of nitrogens with zero attached hydrogens (tertiary/aromatic N) is 4. The number of hydrogen-bond donors (Lipinski definition) is 1. The standard InChI is InChI=1S/C24H29N5O.HI/c1-25-24(26-16-20-8-10-23(11-9-20)29-14-5-13-27-29)28-15-12-22(17-28)19-30-18-21-6-3-2-4-7-21;/h2-11,13-14,22H,12,15-19H2,1H3,(H,25,26);1H. The number of likely N-dealkylation sites (tertiary alicyclic amines) is 1. The van der Waals surface area contributed by atoms with E-state index in [0.717, 1.165) is 44.3 Å². The Kier molecular flexibility index (Phi) is 8.90. The van der Waals surface area contributed by atoms with Crippen molar-refractivity contribution in [3.63, 3.8) is 0 Å². The number of aliphatic imine (C=N–C) groups is 1. The molecule has 0 amide bonds. The van der Waals surface area contributed by atoms with Gasteiger partial charge in [-0.3, -0.25) is 4.99 Å². The highest BCUT2D eigenvalue weighted by Crippen LogP contribution is 2.17. The van der Waals surface area contributed by atoms with Gasteiger partial charge in [0, 0.05) is 45.0 Å². The van der Waals surface area contributed by atoms with Crippen molar-refractivity contribution >= 4 is 29.9 Å². The van der Waals surface area contributed by atoms with Gasteiger partial charge < -0.3 is 15.0 Å². The smallest absolute Gasteiger partial charge is 0.193 e. The molecule has 7 heteroatoms. The van der Waals surface area contributed by atoms with Crippen LogP contribution in [0.15, 0.2) is 78.0 Å². The molecule has 0 bridgehead atoms. The molecule has 0 spiro atoms. The Morgan fingerprint density at radius 1 is 1.10 bits per heavy atom. The van der Waals surface area contributed by atoms with Crippen molar-refractivity contribution in [3.8, 4) is 5.69 Å². The Bertz CT molecular complexity index is 928. The Morgan fingerprint density at radius 2 is 1.90 bits per heavy atom. The molecule has 0 aliphatic carbocycles. The topological polar surface area (TPSA) is 54.7 Å². The van der Waals surface area contributed by atoms with Crippen LogP contribution in [0.1, 0.15) is 17.5 Å². The Morgan fingerprint density at radius 3 is 2.61 bits per heavy atom. The quantitative estimate of drug-likeness (QED) is 0.284. The number of aromatic nitrogens is 2. The molecule has 1 saturated heterocycles. The third kappa shape index (κ3) is 6.54. The summed E-state index contributed by atoms with van der Waals surface area (Å²) in [7, 11) is 1.85. The fraction of sp³-hybridized carbons (Fsp3) is 0.333. The molecule has 1 unspecified atom stereocenters. The van der Waals surface area contributed by atoms with Gasteiger partial charge in [0.25, 0.3) is 0 Å². The molecule has 1 aromatic heterocycles. The van der Waals surface area contributed by atoms with Crippen LogP contribution in [0, 0.1) is 5.92 Å². The maximum atomic E-state index is 5.94. The van der Waals surface area contributed by atoms with Gasteiger partial charge >= 0.3 is 0 Å². The molecule has 1 N–H and O–H groups in total. The summed E-state index contributed by atoms with van der Waals surface area (Å²) in [5.74, 6) is 1.50. The fourth-order valence-corrected chi connectivity index (χ4v) is 3.78. The average molecular weight is 531 g/mol. The van der Waals surface area contributed by atoms with Gasteiger partial charge in [0.15, 0.2) is 5.96 Å². The second kappa shape index (κ2) is 11.9. The maximum absolute atomic E-state index is 5.94. The highest BCUT2D eigenvalue weighted by molar-refractivity contribution is 14.0. The van der Waals surface area contributed by atoms with Crippen molar-refractivity contribution in [2.24, 2.45) is 10.9 Å². The Balaban J connectivity index is 0.00000272. The van der Waals surface area contributed by atoms with Gasteiger partial charge in [0.1, 0.15) is 0 Å². The van der Waals surface area contributed by atoms with Crippen LogP contribution >= 0.6 is 24.0 Å². The first-order valence-corrected chi connectivity index (χ1v) is 10.5. The predicted molar refractivity (Wildman–Crippen MR) is 135 cm³/mol. The van der Waals surface area contributed by atoms with E-state index in [1.54, 1.807) is 6.20 Å². The van der Waals surface area contributed by atoms with Gasteiger partial charge in [-0.25, -0.2) is 4.68 Å². The molecule has 3 aromatic rings. The van der Waals surface area contributed by atoms with Gasteiger partial charge in [0.2, 0.25) is 0 Å². The summed E-state index contributed by atoms with van der Waals surface area (Å²) < 4.78 is 7.80. The molecule has 2 aromatic carbocycles. The molecule has 6 nitrogen and oxygen atoms in total. The number of hydrogen-bond acceptors (Lipinski definition) is 3. The molecule has 1 aliphatic rings. The third-order valence-corrected chi connectivity index (χ3v) is 5.42. The molecule has 1 aliphatic heterocycles. The lowest BCUT2D eigenvalue weighted by molar-refractivity contribution is 0.0906. The summed E-state index contributed by atoms with van der Waals surface area (Å²) in [5, 5.41) is 7.76.